The van der Waals surface area contributed by atoms with Crippen LogP contribution in [0.4, 0.5) is 19.0 Å². The van der Waals surface area contributed by atoms with E-state index in [0.717, 1.165) is 36.7 Å². The third kappa shape index (κ3) is 4.37. The molecule has 0 unspecified atom stereocenters. The molecule has 2 fully saturated rings. The molecule has 2 aliphatic rings. The number of aliphatic hydroxyl groups excluding tert-OH is 3. The first-order valence-electron chi connectivity index (χ1n) is 10.5. The molecule has 2 saturated carbocycles. The lowest BCUT2D eigenvalue weighted by Gasteiger charge is -2.17. The van der Waals surface area contributed by atoms with Crippen LogP contribution in [0.3, 0.4) is 0 Å². The summed E-state index contributed by atoms with van der Waals surface area (Å²) in [5, 5.41) is 42.1. The molecular weight excluding hydrogens is 461 g/mol. The summed E-state index contributed by atoms with van der Waals surface area (Å²) < 4.78 is 40.0. The van der Waals surface area contributed by atoms with E-state index in [9.17, 15) is 28.5 Å². The number of alkyl halides is 3. The van der Waals surface area contributed by atoms with E-state index in [1.54, 1.807) is 0 Å². The highest BCUT2D eigenvalue weighted by Gasteiger charge is 2.43. The van der Waals surface area contributed by atoms with Crippen LogP contribution in [0.25, 0.3) is 11.2 Å². The summed E-state index contributed by atoms with van der Waals surface area (Å²) in [6.07, 6.45) is -4.44. The largest absolute Gasteiger partial charge is 0.416 e. The number of anilines is 1. The Morgan fingerprint density at radius 2 is 1.82 bits per heavy atom. The Morgan fingerprint density at radius 1 is 1.09 bits per heavy atom. The minimum Gasteiger partial charge on any atom is -0.396 e. The predicted molar refractivity (Wildman–Crippen MR) is 112 cm³/mol. The number of rotatable bonds is 6. The average Bonchev–Trinajstić information content (AvgIpc) is 3.42. The Kier molecular flexibility index (Phi) is 5.67. The number of hydrogen-bond acceptors (Lipinski definition) is 9. The van der Waals surface area contributed by atoms with E-state index in [1.165, 1.54) is 16.8 Å². The summed E-state index contributed by atoms with van der Waals surface area (Å²) in [7, 11) is 0. The number of nitrogens with zero attached hydrogens (tertiary/aromatic N) is 5. The number of aliphatic hydroxyl groups is 3. The summed E-state index contributed by atoms with van der Waals surface area (Å²) in [4.78, 5) is 9.54. The first-order chi connectivity index (χ1) is 15.7. The second kappa shape index (κ2) is 8.38. The van der Waals surface area contributed by atoms with Crippen LogP contribution in [-0.2, 0) is 6.18 Å². The van der Waals surface area contributed by atoms with Crippen molar-refractivity contribution < 1.29 is 28.5 Å². The maximum absolute atomic E-state index is 12.9. The fraction of sp³-hybridized carbons (Fsp3) is 0.500. The van der Waals surface area contributed by atoms with Gasteiger partial charge in [0.25, 0.3) is 0 Å². The van der Waals surface area contributed by atoms with Gasteiger partial charge in [-0.05, 0) is 55.3 Å². The third-order valence-corrected chi connectivity index (χ3v) is 6.81. The molecular formula is C20H21F3N6O3S. The molecule has 0 bridgehead atoms. The van der Waals surface area contributed by atoms with Crippen molar-refractivity contribution in [2.75, 3.05) is 11.9 Å². The van der Waals surface area contributed by atoms with E-state index in [-0.39, 0.29) is 24.2 Å². The number of hydrogen-bond donors (Lipinski definition) is 4. The molecule has 9 nitrogen and oxygen atoms in total. The monoisotopic (exact) mass is 482 g/mol. The number of halogens is 3. The smallest absolute Gasteiger partial charge is 0.396 e. The van der Waals surface area contributed by atoms with Crippen LogP contribution < -0.4 is 5.32 Å². The third-order valence-electron chi connectivity index (χ3n) is 5.93. The molecule has 0 radical (unpaired) electrons. The van der Waals surface area contributed by atoms with Gasteiger partial charge in [-0.1, -0.05) is 5.21 Å². The van der Waals surface area contributed by atoms with Gasteiger partial charge in [0, 0.05) is 23.5 Å². The highest BCUT2D eigenvalue weighted by molar-refractivity contribution is 7.99. The van der Waals surface area contributed by atoms with E-state index < -0.39 is 35.9 Å². The fourth-order valence-corrected chi connectivity index (χ4v) is 4.69. The van der Waals surface area contributed by atoms with Crippen molar-refractivity contribution in [2.24, 2.45) is 5.92 Å². The van der Waals surface area contributed by atoms with E-state index >= 15 is 0 Å². The lowest BCUT2D eigenvalue weighted by Crippen LogP contribution is -2.30. The van der Waals surface area contributed by atoms with Gasteiger partial charge in [0.05, 0.1) is 17.7 Å². The van der Waals surface area contributed by atoms with Gasteiger partial charge in [-0.25, -0.2) is 14.6 Å². The van der Waals surface area contributed by atoms with Gasteiger partial charge in [0.2, 0.25) is 0 Å². The van der Waals surface area contributed by atoms with Gasteiger partial charge in [0.15, 0.2) is 22.1 Å². The molecule has 13 heteroatoms. The number of benzene rings is 1. The highest BCUT2D eigenvalue weighted by atomic mass is 32.2. The van der Waals surface area contributed by atoms with Gasteiger partial charge in [0.1, 0.15) is 6.10 Å². The van der Waals surface area contributed by atoms with E-state index in [0.29, 0.717) is 21.9 Å². The Morgan fingerprint density at radius 3 is 2.42 bits per heavy atom. The first kappa shape index (κ1) is 22.3. The normalized spacial score (nSPS) is 25.6. The summed E-state index contributed by atoms with van der Waals surface area (Å²) in [6.45, 7) is -0.278. The SMILES string of the molecule is OC[C@H]1C[C@@H](n2nnc3c(NC4CC4)nc(Sc4ccc(C(F)(F)F)cc4)nc32)[C@H](O)[C@@H]1O. The molecule has 2 aliphatic carbocycles. The molecule has 2 aromatic heterocycles. The molecule has 5 rings (SSSR count). The van der Waals surface area contributed by atoms with Crippen molar-refractivity contribution in [1.29, 1.82) is 0 Å². The number of aromatic nitrogens is 5. The molecule has 1 aromatic carbocycles. The van der Waals surface area contributed by atoms with Crippen molar-refractivity contribution in [3.05, 3.63) is 29.8 Å². The molecule has 0 amide bonds. The minimum atomic E-state index is -4.42. The van der Waals surface area contributed by atoms with Gasteiger partial charge in [-0.15, -0.1) is 5.10 Å². The van der Waals surface area contributed by atoms with Crippen molar-refractivity contribution in [2.45, 2.75) is 59.8 Å². The minimum absolute atomic E-state index is 0.245. The molecule has 4 atom stereocenters. The van der Waals surface area contributed by atoms with Crippen LogP contribution in [0.2, 0.25) is 0 Å². The fourth-order valence-electron chi connectivity index (χ4n) is 3.94. The Balaban J connectivity index is 1.51. The summed E-state index contributed by atoms with van der Waals surface area (Å²) in [5.74, 6) is -0.0500. The van der Waals surface area contributed by atoms with E-state index in [2.05, 4.69) is 25.6 Å². The number of nitrogens with one attached hydrogen (secondary N) is 1. The predicted octanol–water partition coefficient (Wildman–Crippen LogP) is 2.24. The summed E-state index contributed by atoms with van der Waals surface area (Å²) in [5.41, 5.74) is -0.0148. The second-order valence-corrected chi connectivity index (χ2v) is 9.37. The lowest BCUT2D eigenvalue weighted by molar-refractivity contribution is -0.137. The van der Waals surface area contributed by atoms with Crippen LogP contribution in [0, 0.1) is 5.92 Å². The molecule has 0 saturated heterocycles. The van der Waals surface area contributed by atoms with E-state index in [4.69, 9.17) is 0 Å². The zero-order valence-corrected chi connectivity index (χ0v) is 18.0. The quantitative estimate of drug-likeness (QED) is 0.391. The van der Waals surface area contributed by atoms with E-state index in [1.807, 2.05) is 0 Å². The topological polar surface area (TPSA) is 129 Å². The van der Waals surface area contributed by atoms with Crippen molar-refractivity contribution in [1.82, 2.24) is 25.0 Å². The summed E-state index contributed by atoms with van der Waals surface area (Å²) in [6, 6.07) is 4.31. The van der Waals surface area contributed by atoms with Crippen molar-refractivity contribution >= 4 is 28.7 Å². The molecule has 4 N–H and O–H groups in total. The molecule has 2 heterocycles. The Bertz CT molecular complexity index is 1150. The van der Waals surface area contributed by atoms with Crippen LogP contribution in [0.1, 0.15) is 30.9 Å². The highest BCUT2D eigenvalue weighted by Crippen LogP contribution is 2.38. The average molecular weight is 482 g/mol. The second-order valence-electron chi connectivity index (χ2n) is 8.33. The number of fused-ring (bicyclic) bond motifs is 1. The Labute approximate surface area is 190 Å². The zero-order chi connectivity index (χ0) is 23.3. The lowest BCUT2D eigenvalue weighted by atomic mass is 10.1. The molecule has 176 valence electrons. The van der Waals surface area contributed by atoms with Crippen LogP contribution >= 0.6 is 11.8 Å². The van der Waals surface area contributed by atoms with Crippen molar-refractivity contribution in [3.8, 4) is 0 Å². The maximum atomic E-state index is 12.9. The van der Waals surface area contributed by atoms with Gasteiger partial charge in [-0.3, -0.25) is 0 Å². The zero-order valence-electron chi connectivity index (χ0n) is 17.1. The molecule has 3 aromatic rings. The maximum Gasteiger partial charge on any atom is 0.416 e. The standard InChI is InChI=1S/C20H21F3N6O3S/c21-20(22,23)10-1-5-12(6-2-10)33-19-25-17(24-11-3-4-11)14-18(26-19)29(28-27-14)13-7-9(8-30)15(31)16(13)32/h1-2,5-6,9,11,13,15-16,30-32H,3-4,7-8H2,(H,24,25,26)/t9-,13-,15-,16+/m1/s1. The van der Waals surface area contributed by atoms with Gasteiger partial charge in [-0.2, -0.15) is 13.2 Å². The van der Waals surface area contributed by atoms with Crippen LogP contribution in [0.5, 0.6) is 0 Å². The first-order valence-corrected chi connectivity index (χ1v) is 11.3. The molecule has 0 aliphatic heterocycles. The van der Waals surface area contributed by atoms with Crippen LogP contribution in [-0.4, -0.2) is 65.1 Å². The molecule has 0 spiro atoms. The molecule has 33 heavy (non-hydrogen) atoms. The summed E-state index contributed by atoms with van der Waals surface area (Å²) >= 11 is 1.09. The van der Waals surface area contributed by atoms with Crippen molar-refractivity contribution in [3.63, 3.8) is 0 Å². The van der Waals surface area contributed by atoms with Gasteiger partial charge < -0.3 is 20.6 Å². The van der Waals surface area contributed by atoms with Crippen LogP contribution in [0.15, 0.2) is 34.3 Å². The Hall–Kier alpha value is -2.48. The van der Waals surface area contributed by atoms with Gasteiger partial charge >= 0.3 is 6.18 Å².